The van der Waals surface area contributed by atoms with E-state index in [1.54, 1.807) is 24.3 Å². The second kappa shape index (κ2) is 5.53. The molecule has 0 aliphatic heterocycles. The van der Waals surface area contributed by atoms with Gasteiger partial charge in [-0.25, -0.2) is 4.79 Å². The third-order valence-electron chi connectivity index (χ3n) is 1.81. The molecule has 1 N–H and O–H groups in total. The molecule has 80 valence electrons. The van der Waals surface area contributed by atoms with Gasteiger partial charge in [-0.1, -0.05) is 29.8 Å². The topological polar surface area (TPSA) is 46.5 Å². The molecule has 1 rings (SSSR count). The third kappa shape index (κ3) is 3.38. The predicted octanol–water partition coefficient (Wildman–Crippen LogP) is 2.45. The molecule has 0 heterocycles. The van der Waals surface area contributed by atoms with Gasteiger partial charge in [0, 0.05) is 12.1 Å². The Morgan fingerprint density at radius 3 is 2.73 bits per heavy atom. The number of aliphatic carboxylic acids is 1. The summed E-state index contributed by atoms with van der Waals surface area (Å²) in [5.74, 6) is -1.00. The number of hydrogen-bond acceptors (Lipinski definition) is 2. The molecule has 0 unspecified atom stereocenters. The normalized spacial score (nSPS) is 11.5. The maximum absolute atomic E-state index is 10.8. The summed E-state index contributed by atoms with van der Waals surface area (Å²) in [5.41, 5.74) is 0.846. The SMILES string of the molecule is COC/C(=C\c1ccccc1Cl)C(=O)O. The molecular formula is C11H11ClO3. The fourth-order valence-electron chi connectivity index (χ4n) is 1.10. The van der Waals surface area contributed by atoms with Crippen molar-refractivity contribution in [2.45, 2.75) is 0 Å². The van der Waals surface area contributed by atoms with Crippen LogP contribution in [-0.4, -0.2) is 24.8 Å². The highest BCUT2D eigenvalue weighted by atomic mass is 35.5. The molecule has 0 radical (unpaired) electrons. The zero-order chi connectivity index (χ0) is 11.3. The first-order chi connectivity index (χ1) is 7.15. The highest BCUT2D eigenvalue weighted by molar-refractivity contribution is 6.32. The minimum Gasteiger partial charge on any atom is -0.478 e. The number of ether oxygens (including phenoxy) is 1. The third-order valence-corrected chi connectivity index (χ3v) is 2.15. The van der Waals surface area contributed by atoms with Crippen molar-refractivity contribution in [3.8, 4) is 0 Å². The molecule has 0 bridgehead atoms. The molecule has 0 atom stereocenters. The van der Waals surface area contributed by atoms with E-state index in [1.165, 1.54) is 13.2 Å². The smallest absolute Gasteiger partial charge is 0.333 e. The van der Waals surface area contributed by atoms with Crippen LogP contribution in [0.15, 0.2) is 29.8 Å². The monoisotopic (exact) mass is 226 g/mol. The number of benzene rings is 1. The molecule has 4 heteroatoms. The molecule has 0 saturated carbocycles. The Hall–Kier alpha value is -1.32. The zero-order valence-corrected chi connectivity index (χ0v) is 8.99. The van der Waals surface area contributed by atoms with Crippen molar-refractivity contribution in [1.82, 2.24) is 0 Å². The first-order valence-electron chi connectivity index (χ1n) is 4.32. The maximum Gasteiger partial charge on any atom is 0.333 e. The summed E-state index contributed by atoms with van der Waals surface area (Å²) in [6.07, 6.45) is 1.51. The van der Waals surface area contributed by atoms with Gasteiger partial charge in [0.2, 0.25) is 0 Å². The lowest BCUT2D eigenvalue weighted by molar-refractivity contribution is -0.133. The number of carbonyl (C=O) groups is 1. The van der Waals surface area contributed by atoms with E-state index < -0.39 is 5.97 Å². The Bertz CT molecular complexity index is 385. The Morgan fingerprint density at radius 2 is 2.20 bits per heavy atom. The maximum atomic E-state index is 10.8. The largest absolute Gasteiger partial charge is 0.478 e. The molecule has 0 saturated heterocycles. The van der Waals surface area contributed by atoms with Crippen molar-refractivity contribution in [1.29, 1.82) is 0 Å². The van der Waals surface area contributed by atoms with Gasteiger partial charge < -0.3 is 9.84 Å². The van der Waals surface area contributed by atoms with Crippen LogP contribution in [0, 0.1) is 0 Å². The van der Waals surface area contributed by atoms with Crippen LogP contribution in [0.25, 0.3) is 6.08 Å². The summed E-state index contributed by atoms with van der Waals surface area (Å²) in [4.78, 5) is 10.8. The summed E-state index contributed by atoms with van der Waals surface area (Å²) in [7, 11) is 1.45. The van der Waals surface area contributed by atoms with Crippen LogP contribution in [0.3, 0.4) is 0 Å². The van der Waals surface area contributed by atoms with E-state index in [0.29, 0.717) is 10.6 Å². The van der Waals surface area contributed by atoms with E-state index in [2.05, 4.69) is 0 Å². The van der Waals surface area contributed by atoms with E-state index >= 15 is 0 Å². The van der Waals surface area contributed by atoms with Gasteiger partial charge in [-0.2, -0.15) is 0 Å². The summed E-state index contributed by atoms with van der Waals surface area (Å²) in [6.45, 7) is 0.0561. The van der Waals surface area contributed by atoms with Crippen LogP contribution < -0.4 is 0 Å². The van der Waals surface area contributed by atoms with Gasteiger partial charge in [0.1, 0.15) is 0 Å². The summed E-state index contributed by atoms with van der Waals surface area (Å²) < 4.78 is 4.79. The Kier molecular flexibility index (Phi) is 4.34. The fraction of sp³-hybridized carbons (Fsp3) is 0.182. The van der Waals surface area contributed by atoms with E-state index in [9.17, 15) is 4.79 Å². The summed E-state index contributed by atoms with van der Waals surface area (Å²) in [5, 5.41) is 9.39. The van der Waals surface area contributed by atoms with Gasteiger partial charge in [0.15, 0.2) is 0 Å². The summed E-state index contributed by atoms with van der Waals surface area (Å²) in [6, 6.07) is 7.04. The lowest BCUT2D eigenvalue weighted by Gasteiger charge is -2.02. The van der Waals surface area contributed by atoms with Gasteiger partial charge in [0.25, 0.3) is 0 Å². The van der Waals surface area contributed by atoms with Crippen LogP contribution in [-0.2, 0) is 9.53 Å². The molecule has 0 fully saturated rings. The van der Waals surface area contributed by atoms with Gasteiger partial charge in [-0.3, -0.25) is 0 Å². The number of rotatable bonds is 4. The van der Waals surface area contributed by atoms with Crippen LogP contribution in [0.5, 0.6) is 0 Å². The van der Waals surface area contributed by atoms with E-state index in [4.69, 9.17) is 21.4 Å². The molecular weight excluding hydrogens is 216 g/mol. The van der Waals surface area contributed by atoms with Crippen molar-refractivity contribution in [2.24, 2.45) is 0 Å². The first kappa shape index (κ1) is 11.8. The Morgan fingerprint density at radius 1 is 1.53 bits per heavy atom. The number of carboxylic acid groups (broad SMARTS) is 1. The molecule has 1 aromatic rings. The van der Waals surface area contributed by atoms with E-state index in [0.717, 1.165) is 0 Å². The minimum atomic E-state index is -1.00. The lowest BCUT2D eigenvalue weighted by atomic mass is 10.1. The van der Waals surface area contributed by atoms with Gasteiger partial charge in [-0.15, -0.1) is 0 Å². The minimum absolute atomic E-state index is 0.0561. The van der Waals surface area contributed by atoms with Crippen LogP contribution in [0.2, 0.25) is 5.02 Å². The molecule has 1 aromatic carbocycles. The summed E-state index contributed by atoms with van der Waals surface area (Å²) >= 11 is 5.89. The molecule has 0 aliphatic rings. The molecule has 15 heavy (non-hydrogen) atoms. The lowest BCUT2D eigenvalue weighted by Crippen LogP contribution is -2.06. The average molecular weight is 227 g/mol. The van der Waals surface area contributed by atoms with Crippen molar-refractivity contribution < 1.29 is 14.6 Å². The zero-order valence-electron chi connectivity index (χ0n) is 8.24. The fourth-order valence-corrected chi connectivity index (χ4v) is 1.29. The van der Waals surface area contributed by atoms with E-state index in [1.807, 2.05) is 0 Å². The van der Waals surface area contributed by atoms with Crippen molar-refractivity contribution in [3.05, 3.63) is 40.4 Å². The van der Waals surface area contributed by atoms with Crippen LogP contribution in [0.4, 0.5) is 0 Å². The number of carboxylic acids is 1. The highest BCUT2D eigenvalue weighted by Gasteiger charge is 2.07. The molecule has 0 amide bonds. The van der Waals surface area contributed by atoms with Gasteiger partial charge in [-0.05, 0) is 17.7 Å². The van der Waals surface area contributed by atoms with Crippen molar-refractivity contribution in [3.63, 3.8) is 0 Å². The second-order valence-electron chi connectivity index (χ2n) is 2.93. The van der Waals surface area contributed by atoms with Crippen LogP contribution >= 0.6 is 11.6 Å². The quantitative estimate of drug-likeness (QED) is 0.803. The molecule has 3 nitrogen and oxygen atoms in total. The van der Waals surface area contributed by atoms with Gasteiger partial charge >= 0.3 is 5.97 Å². The van der Waals surface area contributed by atoms with Crippen molar-refractivity contribution >= 4 is 23.6 Å². The number of halogens is 1. The number of methoxy groups -OCH3 is 1. The van der Waals surface area contributed by atoms with Crippen molar-refractivity contribution in [2.75, 3.05) is 13.7 Å². The molecule has 0 aromatic heterocycles. The second-order valence-corrected chi connectivity index (χ2v) is 3.34. The number of hydrogen-bond donors (Lipinski definition) is 1. The highest BCUT2D eigenvalue weighted by Crippen LogP contribution is 2.18. The van der Waals surface area contributed by atoms with E-state index in [-0.39, 0.29) is 12.2 Å². The molecule has 0 aliphatic carbocycles. The Balaban J connectivity index is 3.02. The average Bonchev–Trinajstić information content (AvgIpc) is 2.20. The first-order valence-corrected chi connectivity index (χ1v) is 4.70. The Labute approximate surface area is 92.9 Å². The standard InChI is InChI=1S/C11H11ClO3/c1-15-7-9(11(13)14)6-8-4-2-3-5-10(8)12/h2-6H,7H2,1H3,(H,13,14)/b9-6+. The van der Waals surface area contributed by atoms with Crippen LogP contribution in [0.1, 0.15) is 5.56 Å². The van der Waals surface area contributed by atoms with Gasteiger partial charge in [0.05, 0.1) is 12.2 Å². The predicted molar refractivity (Wildman–Crippen MR) is 58.9 cm³/mol. The molecule has 0 spiro atoms.